The molecular formula is C54H94O6. The maximum absolute atomic E-state index is 12.7. The van der Waals surface area contributed by atoms with Gasteiger partial charge in [0.1, 0.15) is 13.2 Å². The van der Waals surface area contributed by atoms with Crippen molar-refractivity contribution in [2.75, 3.05) is 13.2 Å². The van der Waals surface area contributed by atoms with Crippen molar-refractivity contribution >= 4 is 17.9 Å². The summed E-state index contributed by atoms with van der Waals surface area (Å²) < 4.78 is 16.7. The normalized spacial score (nSPS) is 12.5. The first-order valence-electron chi connectivity index (χ1n) is 25.3. The Kier molecular flexibility index (Phi) is 46.4. The molecule has 0 fully saturated rings. The summed E-state index contributed by atoms with van der Waals surface area (Å²) in [5.41, 5.74) is 0. The average Bonchev–Trinajstić information content (AvgIpc) is 3.24. The fourth-order valence-electron chi connectivity index (χ4n) is 6.92. The quantitative estimate of drug-likeness (QED) is 0.0263. The van der Waals surface area contributed by atoms with Crippen molar-refractivity contribution in [3.05, 3.63) is 60.8 Å². The van der Waals surface area contributed by atoms with Crippen LogP contribution in [0.1, 0.15) is 245 Å². The number of hydrogen-bond donors (Lipinski definition) is 0. The molecule has 1 unspecified atom stereocenters. The van der Waals surface area contributed by atoms with Gasteiger partial charge in [0, 0.05) is 19.3 Å². The first kappa shape index (κ1) is 57.1. The number of esters is 3. The Morgan fingerprint density at radius 3 is 1.07 bits per heavy atom. The Labute approximate surface area is 370 Å². The van der Waals surface area contributed by atoms with Crippen LogP contribution in [0.2, 0.25) is 0 Å². The fraction of sp³-hybridized carbons (Fsp3) is 0.759. The van der Waals surface area contributed by atoms with Gasteiger partial charge in [0.2, 0.25) is 0 Å². The van der Waals surface area contributed by atoms with Crippen LogP contribution >= 0.6 is 0 Å². The van der Waals surface area contributed by atoms with Gasteiger partial charge in [-0.2, -0.15) is 0 Å². The van der Waals surface area contributed by atoms with E-state index in [0.717, 1.165) is 51.4 Å². The van der Waals surface area contributed by atoms with Crippen LogP contribution in [0.3, 0.4) is 0 Å². The third-order valence-electron chi connectivity index (χ3n) is 10.8. The molecule has 0 N–H and O–H groups in total. The van der Waals surface area contributed by atoms with Gasteiger partial charge in [-0.05, 0) is 70.6 Å². The predicted molar refractivity (Wildman–Crippen MR) is 256 cm³/mol. The van der Waals surface area contributed by atoms with Gasteiger partial charge in [-0.1, -0.05) is 216 Å². The van der Waals surface area contributed by atoms with Gasteiger partial charge in [0.25, 0.3) is 0 Å². The molecule has 60 heavy (non-hydrogen) atoms. The Morgan fingerprint density at radius 1 is 0.333 bits per heavy atom. The van der Waals surface area contributed by atoms with Crippen LogP contribution in [-0.4, -0.2) is 37.2 Å². The zero-order chi connectivity index (χ0) is 43.7. The summed E-state index contributed by atoms with van der Waals surface area (Å²) in [4.78, 5) is 37.8. The van der Waals surface area contributed by atoms with Gasteiger partial charge in [-0.3, -0.25) is 14.4 Å². The van der Waals surface area contributed by atoms with Crippen LogP contribution in [0, 0.1) is 0 Å². The molecule has 0 aromatic heterocycles. The molecule has 0 aliphatic heterocycles. The number of carbonyl (C=O) groups excluding carboxylic acids is 3. The maximum atomic E-state index is 12.7. The summed E-state index contributed by atoms with van der Waals surface area (Å²) in [7, 11) is 0. The molecule has 0 radical (unpaired) electrons. The molecule has 0 aromatic rings. The van der Waals surface area contributed by atoms with Crippen LogP contribution in [0.5, 0.6) is 0 Å². The van der Waals surface area contributed by atoms with Crippen LogP contribution in [0.25, 0.3) is 0 Å². The van der Waals surface area contributed by atoms with Crippen molar-refractivity contribution in [3.8, 4) is 0 Å². The minimum absolute atomic E-state index is 0.111. The summed E-state index contributed by atoms with van der Waals surface area (Å²) in [6, 6.07) is 0. The van der Waals surface area contributed by atoms with E-state index in [1.54, 1.807) is 0 Å². The van der Waals surface area contributed by atoms with Crippen LogP contribution in [-0.2, 0) is 28.6 Å². The second kappa shape index (κ2) is 48.8. The molecule has 0 heterocycles. The Morgan fingerprint density at radius 2 is 0.650 bits per heavy atom. The fourth-order valence-corrected chi connectivity index (χ4v) is 6.92. The summed E-state index contributed by atoms with van der Waals surface area (Å²) in [5.74, 6) is -1.03. The zero-order valence-electron chi connectivity index (χ0n) is 39.5. The highest BCUT2D eigenvalue weighted by molar-refractivity contribution is 5.71. The molecule has 0 bridgehead atoms. The molecule has 0 rings (SSSR count). The Bertz CT molecular complexity index is 1100. The zero-order valence-corrected chi connectivity index (χ0v) is 39.5. The monoisotopic (exact) mass is 839 g/mol. The summed E-state index contributed by atoms with van der Waals surface area (Å²) in [6.45, 7) is 6.53. The van der Waals surface area contributed by atoms with Gasteiger partial charge < -0.3 is 14.2 Å². The van der Waals surface area contributed by atoms with Gasteiger partial charge in [-0.15, -0.1) is 0 Å². The second-order valence-corrected chi connectivity index (χ2v) is 16.7. The first-order valence-corrected chi connectivity index (χ1v) is 25.3. The summed E-state index contributed by atoms with van der Waals surface area (Å²) >= 11 is 0. The van der Waals surface area contributed by atoms with Crippen LogP contribution in [0.15, 0.2) is 60.8 Å². The molecule has 1 atom stereocenters. The van der Waals surface area contributed by atoms with Crippen molar-refractivity contribution in [2.45, 2.75) is 252 Å². The summed E-state index contributed by atoms with van der Waals surface area (Å²) in [5, 5.41) is 0. The molecule has 0 saturated carbocycles. The Hall–Kier alpha value is -2.89. The van der Waals surface area contributed by atoms with Crippen molar-refractivity contribution in [1.29, 1.82) is 0 Å². The predicted octanol–water partition coefficient (Wildman–Crippen LogP) is 16.5. The van der Waals surface area contributed by atoms with E-state index >= 15 is 0 Å². The first-order chi connectivity index (χ1) is 29.5. The third kappa shape index (κ3) is 46.2. The number of rotatable bonds is 45. The van der Waals surface area contributed by atoms with E-state index in [1.165, 1.54) is 141 Å². The number of carbonyl (C=O) groups is 3. The van der Waals surface area contributed by atoms with E-state index in [9.17, 15) is 14.4 Å². The van der Waals surface area contributed by atoms with Crippen molar-refractivity contribution in [1.82, 2.24) is 0 Å². The molecule has 0 spiro atoms. The van der Waals surface area contributed by atoms with Gasteiger partial charge in [0.05, 0.1) is 0 Å². The molecule has 0 amide bonds. The van der Waals surface area contributed by atoms with Gasteiger partial charge >= 0.3 is 17.9 Å². The largest absolute Gasteiger partial charge is 0.462 e. The highest BCUT2D eigenvalue weighted by Gasteiger charge is 2.19. The third-order valence-corrected chi connectivity index (χ3v) is 10.8. The van der Waals surface area contributed by atoms with Gasteiger partial charge in [0.15, 0.2) is 6.10 Å². The van der Waals surface area contributed by atoms with Crippen LogP contribution in [0.4, 0.5) is 0 Å². The molecular weight excluding hydrogens is 745 g/mol. The van der Waals surface area contributed by atoms with E-state index in [-0.39, 0.29) is 44.0 Å². The molecule has 0 aromatic carbocycles. The lowest BCUT2D eigenvalue weighted by Gasteiger charge is -2.18. The topological polar surface area (TPSA) is 78.9 Å². The lowest BCUT2D eigenvalue weighted by Crippen LogP contribution is -2.30. The molecule has 0 aliphatic rings. The highest BCUT2D eigenvalue weighted by atomic mass is 16.6. The van der Waals surface area contributed by atoms with Gasteiger partial charge in [-0.25, -0.2) is 0 Å². The number of allylic oxidation sites excluding steroid dienone is 10. The second-order valence-electron chi connectivity index (χ2n) is 16.7. The summed E-state index contributed by atoms with van der Waals surface area (Å²) in [6.07, 6.45) is 59.4. The molecule has 6 nitrogen and oxygen atoms in total. The van der Waals surface area contributed by atoms with E-state index < -0.39 is 6.10 Å². The number of ether oxygens (including phenoxy) is 3. The molecule has 6 heteroatoms. The van der Waals surface area contributed by atoms with Crippen molar-refractivity contribution < 1.29 is 28.6 Å². The molecule has 0 aliphatic carbocycles. The minimum Gasteiger partial charge on any atom is -0.462 e. The van der Waals surface area contributed by atoms with Crippen molar-refractivity contribution in [3.63, 3.8) is 0 Å². The lowest BCUT2D eigenvalue weighted by atomic mass is 10.0. The number of hydrogen-bond acceptors (Lipinski definition) is 6. The SMILES string of the molecule is CCCCCCCC/C=C\C/C=C\C/C=C\CCCC(=O)OCC(COC(=O)CCCCCCCCCCCCCC)OC(=O)CC/C=C\C/C=C\CCCCCCCC. The molecule has 346 valence electrons. The van der Waals surface area contributed by atoms with E-state index in [1.807, 2.05) is 6.08 Å². The van der Waals surface area contributed by atoms with E-state index in [4.69, 9.17) is 14.2 Å². The minimum atomic E-state index is -0.821. The average molecular weight is 839 g/mol. The van der Waals surface area contributed by atoms with E-state index in [2.05, 4.69) is 75.5 Å². The molecule has 0 saturated heterocycles. The smallest absolute Gasteiger partial charge is 0.306 e. The Balaban J connectivity index is 4.50. The van der Waals surface area contributed by atoms with Crippen molar-refractivity contribution in [2.24, 2.45) is 0 Å². The highest BCUT2D eigenvalue weighted by Crippen LogP contribution is 2.14. The maximum Gasteiger partial charge on any atom is 0.306 e. The van der Waals surface area contributed by atoms with E-state index in [0.29, 0.717) is 19.3 Å². The lowest BCUT2D eigenvalue weighted by molar-refractivity contribution is -0.166. The standard InChI is InChI=1S/C54H94O6/c1-4-7-10-13-16-19-22-25-26-27-28-30-32-35-38-41-44-47-53(56)59-50-51(49-58-52(55)46-43-40-37-34-31-24-21-18-15-12-9-6-3)60-54(57)48-45-42-39-36-33-29-23-20-17-14-11-8-5-2/h25-26,28-30,33,35,38-39,42,51H,4-24,27,31-32,34,36-37,40-41,43-50H2,1-3H3/b26-25-,30-28-,33-29-,38-35-,42-39-. The number of unbranched alkanes of at least 4 members (excludes halogenated alkanes) is 24. The van der Waals surface area contributed by atoms with Crippen LogP contribution < -0.4 is 0 Å².